The van der Waals surface area contributed by atoms with E-state index in [0.717, 1.165) is 11.1 Å². The lowest BCUT2D eigenvalue weighted by Crippen LogP contribution is -2.38. The Hall–Kier alpha value is -3.75. The van der Waals surface area contributed by atoms with Crippen LogP contribution in [0.2, 0.25) is 5.02 Å². The van der Waals surface area contributed by atoms with Crippen LogP contribution in [0.1, 0.15) is 28.3 Å². The summed E-state index contributed by atoms with van der Waals surface area (Å²) < 4.78 is 16.2. The number of benzene rings is 3. The highest BCUT2D eigenvalue weighted by Gasteiger charge is 2.34. The molecule has 35 heavy (non-hydrogen) atoms. The van der Waals surface area contributed by atoms with E-state index in [1.165, 1.54) is 5.06 Å². The molecule has 0 saturated carbocycles. The van der Waals surface area contributed by atoms with E-state index in [4.69, 9.17) is 35.8 Å². The maximum Gasteiger partial charge on any atom is 0.528 e. The van der Waals surface area contributed by atoms with E-state index in [1.54, 1.807) is 37.4 Å². The quantitative estimate of drug-likeness (QED) is 0.433. The van der Waals surface area contributed by atoms with Gasteiger partial charge in [0.05, 0.1) is 13.2 Å². The molecular formula is C26H24ClNO7. The predicted molar refractivity (Wildman–Crippen MR) is 128 cm³/mol. The molecule has 0 saturated heterocycles. The Bertz CT molecular complexity index is 1220. The molecule has 0 radical (unpaired) electrons. The van der Waals surface area contributed by atoms with Gasteiger partial charge in [0.1, 0.15) is 18.1 Å². The molecule has 0 amide bonds. The van der Waals surface area contributed by atoms with Crippen LogP contribution in [-0.2, 0) is 27.4 Å². The molecule has 3 aromatic rings. The van der Waals surface area contributed by atoms with Crippen molar-refractivity contribution in [3.05, 3.63) is 94.0 Å². The van der Waals surface area contributed by atoms with Crippen LogP contribution in [0.15, 0.2) is 66.7 Å². The summed E-state index contributed by atoms with van der Waals surface area (Å²) >= 11 is 6.29. The second-order valence-electron chi connectivity index (χ2n) is 7.80. The van der Waals surface area contributed by atoms with Crippen molar-refractivity contribution in [2.24, 2.45) is 0 Å². The van der Waals surface area contributed by atoms with Gasteiger partial charge in [-0.3, -0.25) is 0 Å². The Kier molecular flexibility index (Phi) is 7.74. The molecule has 182 valence electrons. The second-order valence-corrected chi connectivity index (χ2v) is 8.23. The zero-order valence-corrected chi connectivity index (χ0v) is 19.7. The van der Waals surface area contributed by atoms with Crippen LogP contribution in [0.3, 0.4) is 0 Å². The number of carbonyl (C=O) groups is 2. The lowest BCUT2D eigenvalue weighted by Gasteiger charge is -2.36. The number of halogens is 1. The smallest absolute Gasteiger partial charge is 0.496 e. The highest BCUT2D eigenvalue weighted by molar-refractivity contribution is 6.30. The van der Waals surface area contributed by atoms with Gasteiger partial charge in [0.2, 0.25) is 0 Å². The average molecular weight is 498 g/mol. The van der Waals surface area contributed by atoms with Crippen LogP contribution < -0.4 is 9.47 Å². The lowest BCUT2D eigenvalue weighted by molar-refractivity contribution is -0.152. The van der Waals surface area contributed by atoms with E-state index in [9.17, 15) is 9.59 Å². The minimum absolute atomic E-state index is 0.0257. The molecule has 3 aromatic carbocycles. The van der Waals surface area contributed by atoms with Crippen LogP contribution in [0, 0.1) is 0 Å². The van der Waals surface area contributed by atoms with Crippen LogP contribution >= 0.6 is 11.6 Å². The summed E-state index contributed by atoms with van der Waals surface area (Å²) in [5, 5.41) is 11.0. The standard InChI is InChI=1S/C26H24ClNO7/c1-32-22-9-5-3-7-18(22)15-34-26(31)35-28-13-12-17-6-2-4-8-20(17)25(28)21-14-19(27)10-11-23(21)33-16-24(29)30/h2-11,14,25H,12-13,15-16H2,1H3,(H,29,30). The fourth-order valence-electron chi connectivity index (χ4n) is 4.05. The number of fused-ring (bicyclic) bond motifs is 1. The first-order valence-corrected chi connectivity index (χ1v) is 11.3. The topological polar surface area (TPSA) is 94.5 Å². The van der Waals surface area contributed by atoms with Crippen molar-refractivity contribution in [2.75, 3.05) is 20.3 Å². The van der Waals surface area contributed by atoms with Crippen molar-refractivity contribution >= 4 is 23.7 Å². The van der Waals surface area contributed by atoms with Crippen LogP contribution in [0.25, 0.3) is 0 Å². The summed E-state index contributed by atoms with van der Waals surface area (Å²) in [7, 11) is 1.54. The van der Waals surface area contributed by atoms with E-state index in [1.807, 2.05) is 36.4 Å². The van der Waals surface area contributed by atoms with Crippen molar-refractivity contribution in [2.45, 2.75) is 19.1 Å². The normalized spacial score (nSPS) is 15.1. The number of carboxylic acids is 1. The molecule has 1 aliphatic heterocycles. The van der Waals surface area contributed by atoms with Gasteiger partial charge in [0.25, 0.3) is 0 Å². The third kappa shape index (κ3) is 5.85. The molecule has 1 unspecified atom stereocenters. The largest absolute Gasteiger partial charge is 0.528 e. The Balaban J connectivity index is 1.60. The van der Waals surface area contributed by atoms with Gasteiger partial charge in [-0.05, 0) is 41.8 Å². The van der Waals surface area contributed by atoms with Gasteiger partial charge in [0.15, 0.2) is 6.61 Å². The fourth-order valence-corrected chi connectivity index (χ4v) is 4.23. The van der Waals surface area contributed by atoms with Crippen molar-refractivity contribution < 1.29 is 33.7 Å². The zero-order valence-electron chi connectivity index (χ0n) is 19.0. The molecule has 4 rings (SSSR count). The summed E-state index contributed by atoms with van der Waals surface area (Å²) in [5.74, 6) is -0.179. The molecule has 0 bridgehead atoms. The average Bonchev–Trinajstić information content (AvgIpc) is 2.86. The molecule has 1 aliphatic rings. The van der Waals surface area contributed by atoms with Crippen LogP contribution in [0.5, 0.6) is 11.5 Å². The van der Waals surface area contributed by atoms with E-state index in [2.05, 4.69) is 0 Å². The third-order valence-electron chi connectivity index (χ3n) is 5.59. The third-order valence-corrected chi connectivity index (χ3v) is 5.82. The first kappa shape index (κ1) is 24.4. The minimum Gasteiger partial charge on any atom is -0.496 e. The summed E-state index contributed by atoms with van der Waals surface area (Å²) in [6.45, 7) is -0.163. The van der Waals surface area contributed by atoms with Gasteiger partial charge in [-0.1, -0.05) is 54.1 Å². The number of nitrogens with zero attached hydrogens (tertiary/aromatic N) is 1. The molecule has 8 nitrogen and oxygen atoms in total. The number of aliphatic carboxylic acids is 1. The van der Waals surface area contributed by atoms with Crippen molar-refractivity contribution in [3.8, 4) is 11.5 Å². The Morgan fingerprint density at radius 1 is 1.03 bits per heavy atom. The molecular weight excluding hydrogens is 474 g/mol. The van der Waals surface area contributed by atoms with Crippen molar-refractivity contribution in [3.63, 3.8) is 0 Å². The monoisotopic (exact) mass is 497 g/mol. The van der Waals surface area contributed by atoms with E-state index < -0.39 is 24.8 Å². The second kappa shape index (κ2) is 11.1. The first-order valence-electron chi connectivity index (χ1n) is 10.9. The zero-order chi connectivity index (χ0) is 24.8. The lowest BCUT2D eigenvalue weighted by atomic mass is 9.89. The van der Waals surface area contributed by atoms with E-state index in [0.29, 0.717) is 40.6 Å². The number of hydrogen-bond acceptors (Lipinski definition) is 7. The Labute approximate surface area is 207 Å². The Morgan fingerprint density at radius 2 is 1.80 bits per heavy atom. The SMILES string of the molecule is COc1ccccc1COC(=O)ON1CCc2ccccc2C1c1cc(Cl)ccc1OCC(=O)O. The summed E-state index contributed by atoms with van der Waals surface area (Å²) in [6.07, 6.45) is -0.242. The van der Waals surface area contributed by atoms with Gasteiger partial charge in [0, 0.05) is 22.7 Å². The summed E-state index contributed by atoms with van der Waals surface area (Å²) in [5.41, 5.74) is 3.23. The number of carbonyl (C=O) groups excluding carboxylic acids is 1. The number of hydroxylamine groups is 2. The molecule has 0 aromatic heterocycles. The van der Waals surface area contributed by atoms with Gasteiger partial charge in [-0.15, -0.1) is 5.06 Å². The minimum atomic E-state index is -1.11. The highest BCUT2D eigenvalue weighted by atomic mass is 35.5. The van der Waals surface area contributed by atoms with Crippen molar-refractivity contribution in [1.29, 1.82) is 0 Å². The molecule has 9 heteroatoms. The maximum absolute atomic E-state index is 12.7. The van der Waals surface area contributed by atoms with Gasteiger partial charge in [-0.25, -0.2) is 9.59 Å². The van der Waals surface area contributed by atoms with Crippen LogP contribution in [-0.4, -0.2) is 42.6 Å². The number of methoxy groups -OCH3 is 1. The number of hydrogen-bond donors (Lipinski definition) is 1. The van der Waals surface area contributed by atoms with Crippen molar-refractivity contribution in [1.82, 2.24) is 5.06 Å². The number of rotatable bonds is 8. The Morgan fingerprint density at radius 3 is 2.60 bits per heavy atom. The molecule has 0 aliphatic carbocycles. The van der Waals surface area contributed by atoms with Gasteiger partial charge < -0.3 is 24.2 Å². The molecule has 1 heterocycles. The van der Waals surface area contributed by atoms with E-state index in [-0.39, 0.29) is 6.61 Å². The number of carboxylic acid groups (broad SMARTS) is 1. The highest BCUT2D eigenvalue weighted by Crippen LogP contribution is 2.40. The molecule has 1 N–H and O–H groups in total. The molecule has 0 fully saturated rings. The predicted octanol–water partition coefficient (Wildman–Crippen LogP) is 5.03. The van der Waals surface area contributed by atoms with E-state index >= 15 is 0 Å². The van der Waals surface area contributed by atoms with Crippen LogP contribution in [0.4, 0.5) is 4.79 Å². The maximum atomic E-state index is 12.7. The molecule has 1 atom stereocenters. The number of ether oxygens (including phenoxy) is 3. The number of para-hydroxylation sites is 1. The van der Waals surface area contributed by atoms with Gasteiger partial charge >= 0.3 is 12.1 Å². The summed E-state index contributed by atoms with van der Waals surface area (Å²) in [4.78, 5) is 29.4. The fraction of sp³-hybridized carbons (Fsp3) is 0.231. The van der Waals surface area contributed by atoms with Gasteiger partial charge in [-0.2, -0.15) is 0 Å². The summed E-state index contributed by atoms with van der Waals surface area (Å²) in [6, 6.07) is 19.3. The molecule has 0 spiro atoms. The first-order chi connectivity index (χ1) is 17.0.